The van der Waals surface area contributed by atoms with Crippen molar-refractivity contribution in [1.82, 2.24) is 10.9 Å². The summed E-state index contributed by atoms with van der Waals surface area (Å²) in [6.45, 7) is 0. The number of carboxylic acids is 2. The van der Waals surface area contributed by atoms with E-state index in [1.165, 1.54) is 36.7 Å². The molecule has 0 radical (unpaired) electrons. The number of amides is 2. The van der Waals surface area contributed by atoms with Crippen LogP contribution in [-0.4, -0.2) is 46.4 Å². The highest BCUT2D eigenvalue weighted by atomic mass is 16.4. The number of carboxylic acid groups (broad SMARTS) is 2. The van der Waals surface area contributed by atoms with Gasteiger partial charge in [-0.05, 0) is 12.1 Å². The average Bonchev–Trinajstić information content (AvgIpc) is 2.72. The van der Waals surface area contributed by atoms with Gasteiger partial charge in [-0.3, -0.25) is 9.59 Å². The largest absolute Gasteiger partial charge is 0.478 e. The zero-order chi connectivity index (χ0) is 21.9. The monoisotopic (exact) mass is 410 g/mol. The number of aromatic carboxylic acids is 2. The topological polar surface area (TPSA) is 158 Å². The lowest BCUT2D eigenvalue weighted by Gasteiger charge is -2.02. The molecule has 0 saturated heterocycles. The first-order valence-electron chi connectivity index (χ1n) is 8.67. The fraction of sp³-hybridized carbons (Fsp3) is 0.100. The van der Waals surface area contributed by atoms with E-state index in [9.17, 15) is 19.2 Å². The van der Waals surface area contributed by atoms with Crippen molar-refractivity contribution in [2.75, 3.05) is 0 Å². The van der Waals surface area contributed by atoms with Crippen LogP contribution in [0.25, 0.3) is 0 Å². The number of hydrazone groups is 2. The maximum atomic E-state index is 11.7. The van der Waals surface area contributed by atoms with E-state index in [4.69, 9.17) is 10.2 Å². The zero-order valence-electron chi connectivity index (χ0n) is 15.6. The Morgan fingerprint density at radius 3 is 1.43 bits per heavy atom. The molecule has 0 unspecified atom stereocenters. The second-order valence-corrected chi connectivity index (χ2v) is 5.87. The maximum absolute atomic E-state index is 11.7. The molecule has 2 rings (SSSR count). The molecule has 154 valence electrons. The van der Waals surface area contributed by atoms with E-state index in [-0.39, 0.29) is 24.0 Å². The van der Waals surface area contributed by atoms with Gasteiger partial charge in [0.05, 0.1) is 23.6 Å². The molecule has 4 N–H and O–H groups in total. The molecule has 0 aromatic heterocycles. The molecule has 0 spiro atoms. The Kier molecular flexibility index (Phi) is 7.94. The van der Waals surface area contributed by atoms with Gasteiger partial charge in [-0.2, -0.15) is 10.2 Å². The van der Waals surface area contributed by atoms with Gasteiger partial charge >= 0.3 is 11.9 Å². The number of hydrogen-bond acceptors (Lipinski definition) is 6. The zero-order valence-corrected chi connectivity index (χ0v) is 15.6. The fourth-order valence-corrected chi connectivity index (χ4v) is 2.30. The van der Waals surface area contributed by atoms with Crippen LogP contribution < -0.4 is 10.9 Å². The molecule has 10 heteroatoms. The number of benzene rings is 2. The lowest BCUT2D eigenvalue weighted by molar-refractivity contribution is -0.126. The summed E-state index contributed by atoms with van der Waals surface area (Å²) in [7, 11) is 0. The van der Waals surface area contributed by atoms with Gasteiger partial charge in [0.25, 0.3) is 0 Å². The molecule has 2 aromatic carbocycles. The highest BCUT2D eigenvalue weighted by Gasteiger charge is 2.09. The van der Waals surface area contributed by atoms with Crippen LogP contribution in [0.15, 0.2) is 58.7 Å². The number of nitrogens with zero attached hydrogens (tertiary/aromatic N) is 2. The Balaban J connectivity index is 1.79. The van der Waals surface area contributed by atoms with Crippen molar-refractivity contribution in [1.29, 1.82) is 0 Å². The van der Waals surface area contributed by atoms with Crippen molar-refractivity contribution in [3.8, 4) is 0 Å². The van der Waals surface area contributed by atoms with Gasteiger partial charge in [0.2, 0.25) is 11.8 Å². The van der Waals surface area contributed by atoms with Gasteiger partial charge in [0.1, 0.15) is 0 Å². The van der Waals surface area contributed by atoms with Crippen LogP contribution in [0.4, 0.5) is 0 Å². The van der Waals surface area contributed by atoms with Crippen LogP contribution in [0.5, 0.6) is 0 Å². The van der Waals surface area contributed by atoms with Crippen molar-refractivity contribution in [2.45, 2.75) is 12.8 Å². The van der Waals surface area contributed by atoms with Crippen molar-refractivity contribution in [3.63, 3.8) is 0 Å². The minimum Gasteiger partial charge on any atom is -0.478 e. The molecule has 0 heterocycles. The van der Waals surface area contributed by atoms with Crippen LogP contribution >= 0.6 is 0 Å². The molecule has 0 aliphatic heterocycles. The fourth-order valence-electron chi connectivity index (χ4n) is 2.30. The van der Waals surface area contributed by atoms with E-state index < -0.39 is 23.8 Å². The Morgan fingerprint density at radius 2 is 1.07 bits per heavy atom. The lowest BCUT2D eigenvalue weighted by Crippen LogP contribution is -2.23. The second kappa shape index (κ2) is 10.9. The summed E-state index contributed by atoms with van der Waals surface area (Å²) in [4.78, 5) is 45.7. The standard InChI is InChI=1S/C20H18N4O6/c25-17(23-21-11-13-5-1-3-7-15(13)19(27)28)9-10-18(26)24-22-12-14-6-2-4-8-16(14)20(29)30/h1-8,11-12H,9-10H2,(H,23,25)(H,24,26)(H,27,28)(H,29,30)/b21-11+,22-12+. The number of rotatable bonds is 9. The third kappa shape index (κ3) is 6.68. The molecule has 0 bridgehead atoms. The first-order chi connectivity index (χ1) is 14.4. The first-order valence-corrected chi connectivity index (χ1v) is 8.67. The van der Waals surface area contributed by atoms with Gasteiger partial charge in [-0.25, -0.2) is 20.4 Å². The minimum atomic E-state index is -1.12. The quantitative estimate of drug-likeness (QED) is 0.362. The maximum Gasteiger partial charge on any atom is 0.336 e. The summed E-state index contributed by atoms with van der Waals surface area (Å²) < 4.78 is 0. The van der Waals surface area contributed by atoms with E-state index in [0.717, 1.165) is 0 Å². The molecule has 0 aliphatic rings. The molecule has 30 heavy (non-hydrogen) atoms. The average molecular weight is 410 g/mol. The number of carbonyl (C=O) groups excluding carboxylic acids is 2. The summed E-state index contributed by atoms with van der Waals surface area (Å²) >= 11 is 0. The molecular weight excluding hydrogens is 392 g/mol. The van der Waals surface area contributed by atoms with Crippen molar-refractivity contribution >= 4 is 36.2 Å². The predicted octanol–water partition coefficient (Wildman–Crippen LogP) is 1.46. The third-order valence-corrected chi connectivity index (χ3v) is 3.75. The van der Waals surface area contributed by atoms with Gasteiger partial charge in [-0.1, -0.05) is 36.4 Å². The second-order valence-electron chi connectivity index (χ2n) is 5.87. The lowest BCUT2D eigenvalue weighted by atomic mass is 10.1. The van der Waals surface area contributed by atoms with Crippen molar-refractivity contribution in [2.24, 2.45) is 10.2 Å². The van der Waals surface area contributed by atoms with Gasteiger partial charge < -0.3 is 10.2 Å². The molecule has 0 saturated carbocycles. The minimum absolute atomic E-state index is 0.0391. The van der Waals surface area contributed by atoms with Gasteiger partial charge in [-0.15, -0.1) is 0 Å². The van der Waals surface area contributed by atoms with Crippen LogP contribution in [0.2, 0.25) is 0 Å². The summed E-state index contributed by atoms with van der Waals surface area (Å²) in [6.07, 6.45) is 2.05. The smallest absolute Gasteiger partial charge is 0.336 e. The Hall–Kier alpha value is -4.34. The Morgan fingerprint density at radius 1 is 0.700 bits per heavy atom. The van der Waals surface area contributed by atoms with Crippen LogP contribution in [0.1, 0.15) is 44.7 Å². The molecule has 2 amide bonds. The molecule has 0 aliphatic carbocycles. The predicted molar refractivity (Wildman–Crippen MR) is 108 cm³/mol. The highest BCUT2D eigenvalue weighted by Crippen LogP contribution is 2.06. The van der Waals surface area contributed by atoms with Gasteiger partial charge in [0.15, 0.2) is 0 Å². The summed E-state index contributed by atoms with van der Waals surface area (Å²) in [5, 5.41) is 25.5. The van der Waals surface area contributed by atoms with Crippen LogP contribution in [0, 0.1) is 0 Å². The summed E-state index contributed by atoms with van der Waals surface area (Å²) in [5.74, 6) is -3.33. The van der Waals surface area contributed by atoms with E-state index >= 15 is 0 Å². The number of nitrogens with one attached hydrogen (secondary N) is 2. The normalized spacial score (nSPS) is 10.8. The third-order valence-electron chi connectivity index (χ3n) is 3.75. The molecule has 0 atom stereocenters. The SMILES string of the molecule is O=C(CCC(=O)N/N=C/c1ccccc1C(=O)O)N/N=C/c1ccccc1C(=O)O. The van der Waals surface area contributed by atoms with Gasteiger partial charge in [0, 0.05) is 24.0 Å². The number of hydrogen-bond donors (Lipinski definition) is 4. The molecule has 10 nitrogen and oxygen atoms in total. The first kappa shape index (κ1) is 22.0. The van der Waals surface area contributed by atoms with E-state index in [2.05, 4.69) is 21.1 Å². The van der Waals surface area contributed by atoms with Crippen LogP contribution in [-0.2, 0) is 9.59 Å². The summed E-state index contributed by atoms with van der Waals surface area (Å²) in [6, 6.07) is 12.3. The van der Waals surface area contributed by atoms with Crippen molar-refractivity contribution < 1.29 is 29.4 Å². The summed E-state index contributed by atoms with van der Waals surface area (Å²) in [5.41, 5.74) is 5.13. The van der Waals surface area contributed by atoms with Crippen LogP contribution in [0.3, 0.4) is 0 Å². The van der Waals surface area contributed by atoms with Crippen molar-refractivity contribution in [3.05, 3.63) is 70.8 Å². The molecule has 2 aromatic rings. The Labute approximate surface area is 170 Å². The number of carbonyl (C=O) groups is 4. The van der Waals surface area contributed by atoms with E-state index in [0.29, 0.717) is 11.1 Å². The molecular formula is C20H18N4O6. The van der Waals surface area contributed by atoms with E-state index in [1.54, 1.807) is 24.3 Å². The Bertz CT molecular complexity index is 934. The highest BCUT2D eigenvalue weighted by molar-refractivity contribution is 5.99. The molecule has 0 fully saturated rings. The van der Waals surface area contributed by atoms with E-state index in [1.807, 2.05) is 0 Å².